The summed E-state index contributed by atoms with van der Waals surface area (Å²) < 4.78 is 0. The predicted octanol–water partition coefficient (Wildman–Crippen LogP) is -0.351. The molecule has 2 rings (SSSR count). The lowest BCUT2D eigenvalue weighted by Gasteiger charge is -2.25. The summed E-state index contributed by atoms with van der Waals surface area (Å²) in [5.41, 5.74) is 1.83. The van der Waals surface area contributed by atoms with Gasteiger partial charge in [-0.05, 0) is 5.92 Å². The predicted molar refractivity (Wildman–Crippen MR) is 67.3 cm³/mol. The van der Waals surface area contributed by atoms with Crippen LogP contribution in [-0.4, -0.2) is 39.0 Å². The van der Waals surface area contributed by atoms with Gasteiger partial charge < -0.3 is 15.4 Å². The summed E-state index contributed by atoms with van der Waals surface area (Å²) in [6, 6.07) is -1.30. The minimum atomic E-state index is -1.01. The largest absolute Gasteiger partial charge is 0.480 e. The number of carbonyl (C=O) groups is 2. The van der Waals surface area contributed by atoms with Crippen LogP contribution in [0.15, 0.2) is 6.33 Å². The van der Waals surface area contributed by atoms with Gasteiger partial charge in [0, 0.05) is 13.0 Å². The van der Waals surface area contributed by atoms with Gasteiger partial charge in [-0.25, -0.2) is 9.78 Å². The van der Waals surface area contributed by atoms with E-state index in [4.69, 9.17) is 5.11 Å². The molecule has 1 aromatic heterocycles. The second-order valence-electron chi connectivity index (χ2n) is 5.03. The van der Waals surface area contributed by atoms with Gasteiger partial charge in [0.05, 0.1) is 23.8 Å². The molecule has 0 spiro atoms. The Bertz CT molecular complexity index is 483. The summed E-state index contributed by atoms with van der Waals surface area (Å²) in [7, 11) is 0. The monoisotopic (exact) mass is 266 g/mol. The number of aromatic nitrogens is 2. The van der Waals surface area contributed by atoms with Crippen molar-refractivity contribution in [3.8, 4) is 0 Å². The van der Waals surface area contributed by atoms with Crippen LogP contribution < -0.4 is 10.6 Å². The summed E-state index contributed by atoms with van der Waals surface area (Å²) in [6.07, 6.45) is 2.07. The number of carboxylic acid groups (broad SMARTS) is 1. The Morgan fingerprint density at radius 1 is 1.53 bits per heavy atom. The van der Waals surface area contributed by atoms with Gasteiger partial charge in [-0.3, -0.25) is 10.1 Å². The molecular formula is C12H18N4O3. The molecule has 7 heteroatoms. The molecule has 1 aromatic rings. The van der Waals surface area contributed by atoms with E-state index in [1.165, 1.54) is 0 Å². The van der Waals surface area contributed by atoms with Crippen molar-refractivity contribution in [3.05, 3.63) is 17.7 Å². The SMILES string of the molecule is CC(C)[C@@H](NC(=O)C1Cc2nc[nH]c2CN1)C(=O)O. The summed E-state index contributed by atoms with van der Waals surface area (Å²) in [5.74, 6) is -1.47. The molecule has 0 aliphatic carbocycles. The Kier molecular flexibility index (Phi) is 3.84. The van der Waals surface area contributed by atoms with E-state index in [1.54, 1.807) is 20.2 Å². The van der Waals surface area contributed by atoms with Crippen molar-refractivity contribution in [1.29, 1.82) is 0 Å². The van der Waals surface area contributed by atoms with Crippen LogP contribution in [0.2, 0.25) is 0 Å². The Morgan fingerprint density at radius 3 is 2.89 bits per heavy atom. The van der Waals surface area contributed by atoms with E-state index in [0.717, 1.165) is 11.4 Å². The van der Waals surface area contributed by atoms with Crippen LogP contribution in [0.4, 0.5) is 0 Å². The van der Waals surface area contributed by atoms with Gasteiger partial charge in [-0.2, -0.15) is 0 Å². The summed E-state index contributed by atoms with van der Waals surface area (Å²) in [6.45, 7) is 4.06. The first-order valence-corrected chi connectivity index (χ1v) is 6.26. The summed E-state index contributed by atoms with van der Waals surface area (Å²) in [4.78, 5) is 30.3. The first kappa shape index (κ1) is 13.5. The molecule has 0 bridgehead atoms. The molecule has 0 radical (unpaired) electrons. The average molecular weight is 266 g/mol. The quantitative estimate of drug-likeness (QED) is 0.596. The number of H-pyrrole nitrogens is 1. The number of fused-ring (bicyclic) bond motifs is 1. The molecule has 1 amide bonds. The maximum Gasteiger partial charge on any atom is 0.326 e. The van der Waals surface area contributed by atoms with Gasteiger partial charge >= 0.3 is 5.97 Å². The highest BCUT2D eigenvalue weighted by molar-refractivity contribution is 5.87. The standard InChI is InChI=1S/C12H18N4O3/c1-6(2)10(12(18)19)16-11(17)8-3-7-9(4-13-8)15-5-14-7/h5-6,8,10,13H,3-4H2,1-2H3,(H,14,15)(H,16,17)(H,18,19)/t8?,10-/m1/s1. The number of aromatic amines is 1. The number of carboxylic acids is 1. The van der Waals surface area contributed by atoms with Crippen LogP contribution in [-0.2, 0) is 22.6 Å². The molecule has 0 aromatic carbocycles. The zero-order valence-electron chi connectivity index (χ0n) is 10.9. The van der Waals surface area contributed by atoms with E-state index in [1.807, 2.05) is 0 Å². The molecule has 1 unspecified atom stereocenters. The van der Waals surface area contributed by atoms with E-state index >= 15 is 0 Å². The Hall–Kier alpha value is -1.89. The number of hydrogen-bond acceptors (Lipinski definition) is 4. The van der Waals surface area contributed by atoms with E-state index in [9.17, 15) is 9.59 Å². The Balaban J connectivity index is 2.00. The summed E-state index contributed by atoms with van der Waals surface area (Å²) in [5, 5.41) is 14.7. The van der Waals surface area contributed by atoms with Crippen LogP contribution in [0.25, 0.3) is 0 Å². The number of nitrogens with one attached hydrogen (secondary N) is 3. The highest BCUT2D eigenvalue weighted by atomic mass is 16.4. The van der Waals surface area contributed by atoms with Gasteiger partial charge in [0.15, 0.2) is 0 Å². The Labute approximate surface area is 110 Å². The molecule has 1 aliphatic rings. The van der Waals surface area contributed by atoms with Crippen molar-refractivity contribution in [2.45, 2.75) is 38.9 Å². The van der Waals surface area contributed by atoms with Crippen molar-refractivity contribution < 1.29 is 14.7 Å². The van der Waals surface area contributed by atoms with Gasteiger partial charge in [-0.15, -0.1) is 0 Å². The fraction of sp³-hybridized carbons (Fsp3) is 0.583. The number of aliphatic carboxylic acids is 1. The third-order valence-corrected chi connectivity index (χ3v) is 3.28. The topological polar surface area (TPSA) is 107 Å². The number of hydrogen-bond donors (Lipinski definition) is 4. The second kappa shape index (κ2) is 5.40. The molecule has 2 heterocycles. The third kappa shape index (κ3) is 2.93. The molecule has 0 saturated carbocycles. The fourth-order valence-corrected chi connectivity index (χ4v) is 2.12. The van der Waals surface area contributed by atoms with Gasteiger partial charge in [0.25, 0.3) is 0 Å². The van der Waals surface area contributed by atoms with Gasteiger partial charge in [0.2, 0.25) is 5.91 Å². The number of imidazole rings is 1. The fourth-order valence-electron chi connectivity index (χ4n) is 2.12. The highest BCUT2D eigenvalue weighted by Crippen LogP contribution is 2.12. The van der Waals surface area contributed by atoms with Crippen molar-refractivity contribution in [2.75, 3.05) is 0 Å². The van der Waals surface area contributed by atoms with Gasteiger partial charge in [0.1, 0.15) is 6.04 Å². The zero-order chi connectivity index (χ0) is 14.0. The highest BCUT2D eigenvalue weighted by Gasteiger charge is 2.30. The molecular weight excluding hydrogens is 248 g/mol. The molecule has 104 valence electrons. The maximum atomic E-state index is 12.1. The van der Waals surface area contributed by atoms with E-state index in [2.05, 4.69) is 20.6 Å². The van der Waals surface area contributed by atoms with Crippen molar-refractivity contribution in [2.24, 2.45) is 5.92 Å². The minimum absolute atomic E-state index is 0.161. The number of nitrogens with zero attached hydrogens (tertiary/aromatic N) is 1. The van der Waals surface area contributed by atoms with Crippen LogP contribution in [0.1, 0.15) is 25.2 Å². The maximum absolute atomic E-state index is 12.1. The summed E-state index contributed by atoms with van der Waals surface area (Å²) >= 11 is 0. The second-order valence-corrected chi connectivity index (χ2v) is 5.03. The molecule has 0 fully saturated rings. The lowest BCUT2D eigenvalue weighted by molar-refractivity contribution is -0.143. The number of rotatable bonds is 4. The molecule has 19 heavy (non-hydrogen) atoms. The van der Waals surface area contributed by atoms with Crippen molar-refractivity contribution in [3.63, 3.8) is 0 Å². The van der Waals surface area contributed by atoms with E-state index in [-0.39, 0.29) is 11.8 Å². The lowest BCUT2D eigenvalue weighted by Crippen LogP contribution is -2.53. The first-order chi connectivity index (χ1) is 8.99. The molecule has 0 saturated heterocycles. The average Bonchev–Trinajstić information content (AvgIpc) is 2.81. The van der Waals surface area contributed by atoms with E-state index in [0.29, 0.717) is 13.0 Å². The number of carbonyl (C=O) groups excluding carboxylic acids is 1. The van der Waals surface area contributed by atoms with Crippen molar-refractivity contribution in [1.82, 2.24) is 20.6 Å². The van der Waals surface area contributed by atoms with Gasteiger partial charge in [-0.1, -0.05) is 13.8 Å². The van der Waals surface area contributed by atoms with E-state index < -0.39 is 18.1 Å². The molecule has 2 atom stereocenters. The lowest BCUT2D eigenvalue weighted by atomic mass is 10.0. The number of amides is 1. The zero-order valence-corrected chi connectivity index (χ0v) is 10.9. The molecule has 1 aliphatic heterocycles. The smallest absolute Gasteiger partial charge is 0.326 e. The van der Waals surface area contributed by atoms with Crippen LogP contribution in [0.3, 0.4) is 0 Å². The minimum Gasteiger partial charge on any atom is -0.480 e. The van der Waals surface area contributed by atoms with Crippen LogP contribution >= 0.6 is 0 Å². The first-order valence-electron chi connectivity index (χ1n) is 6.26. The normalized spacial score (nSPS) is 19.8. The third-order valence-electron chi connectivity index (χ3n) is 3.28. The molecule has 7 nitrogen and oxygen atoms in total. The van der Waals surface area contributed by atoms with Crippen molar-refractivity contribution >= 4 is 11.9 Å². The van der Waals surface area contributed by atoms with Crippen LogP contribution in [0.5, 0.6) is 0 Å². The molecule has 4 N–H and O–H groups in total. The Morgan fingerprint density at radius 2 is 2.26 bits per heavy atom. The van der Waals surface area contributed by atoms with Crippen LogP contribution in [0, 0.1) is 5.92 Å².